The van der Waals surface area contributed by atoms with Crippen molar-refractivity contribution in [1.29, 1.82) is 0 Å². The molecular formula is C14H18O3. The van der Waals surface area contributed by atoms with Crippen LogP contribution in [0.4, 0.5) is 0 Å². The molecule has 0 radical (unpaired) electrons. The van der Waals surface area contributed by atoms with E-state index >= 15 is 0 Å². The lowest BCUT2D eigenvalue weighted by Crippen LogP contribution is -2.12. The van der Waals surface area contributed by atoms with Crippen molar-refractivity contribution in [2.75, 3.05) is 19.8 Å². The Balaban J connectivity index is 2.44. The molecule has 0 aliphatic rings. The standard InChI is InChI=1S/C14H18O3/c1-3-9-16-10-11-17-14(15)13-8-6-5-7-12(13)4-2/h4-8H,2-3,9-11H2,1H3. The Kier molecular flexibility index (Phi) is 6.04. The number of hydrogen-bond donors (Lipinski definition) is 0. The zero-order valence-electron chi connectivity index (χ0n) is 10.1. The second kappa shape index (κ2) is 7.63. The molecular weight excluding hydrogens is 216 g/mol. The van der Waals surface area contributed by atoms with Crippen LogP contribution in [0.3, 0.4) is 0 Å². The van der Waals surface area contributed by atoms with Gasteiger partial charge in [-0.3, -0.25) is 0 Å². The minimum atomic E-state index is -0.333. The molecule has 3 nitrogen and oxygen atoms in total. The lowest BCUT2D eigenvalue weighted by molar-refractivity contribution is 0.0318. The van der Waals surface area contributed by atoms with Gasteiger partial charge in [0.05, 0.1) is 12.2 Å². The minimum absolute atomic E-state index is 0.282. The van der Waals surface area contributed by atoms with Gasteiger partial charge in [-0.05, 0) is 18.1 Å². The molecule has 1 rings (SSSR count). The second-order valence-corrected chi connectivity index (χ2v) is 3.54. The van der Waals surface area contributed by atoms with Gasteiger partial charge in [0.2, 0.25) is 0 Å². The Morgan fingerprint density at radius 3 is 2.76 bits per heavy atom. The second-order valence-electron chi connectivity index (χ2n) is 3.54. The van der Waals surface area contributed by atoms with Gasteiger partial charge in [-0.1, -0.05) is 37.8 Å². The van der Waals surface area contributed by atoms with Crippen molar-refractivity contribution in [3.8, 4) is 0 Å². The average Bonchev–Trinajstić information content (AvgIpc) is 2.38. The van der Waals surface area contributed by atoms with Crippen molar-refractivity contribution in [2.45, 2.75) is 13.3 Å². The summed E-state index contributed by atoms with van der Waals surface area (Å²) in [6.45, 7) is 7.11. The first-order valence-electron chi connectivity index (χ1n) is 5.76. The fourth-order valence-electron chi connectivity index (χ4n) is 1.38. The van der Waals surface area contributed by atoms with E-state index in [0.717, 1.165) is 12.0 Å². The Morgan fingerprint density at radius 2 is 2.06 bits per heavy atom. The summed E-state index contributed by atoms with van der Waals surface area (Å²) >= 11 is 0. The van der Waals surface area contributed by atoms with Crippen molar-refractivity contribution in [3.63, 3.8) is 0 Å². The topological polar surface area (TPSA) is 35.5 Å². The molecule has 3 heteroatoms. The van der Waals surface area contributed by atoms with E-state index in [1.54, 1.807) is 18.2 Å². The van der Waals surface area contributed by atoms with Gasteiger partial charge in [-0.2, -0.15) is 0 Å². The van der Waals surface area contributed by atoms with Crippen molar-refractivity contribution < 1.29 is 14.3 Å². The molecule has 0 aromatic heterocycles. The summed E-state index contributed by atoms with van der Waals surface area (Å²) in [5.41, 5.74) is 1.32. The van der Waals surface area contributed by atoms with E-state index in [1.165, 1.54) is 0 Å². The van der Waals surface area contributed by atoms with Crippen molar-refractivity contribution >= 4 is 12.0 Å². The first kappa shape index (κ1) is 13.5. The fourth-order valence-corrected chi connectivity index (χ4v) is 1.38. The lowest BCUT2D eigenvalue weighted by Gasteiger charge is -2.07. The van der Waals surface area contributed by atoms with Gasteiger partial charge in [0.25, 0.3) is 0 Å². The van der Waals surface area contributed by atoms with Crippen molar-refractivity contribution in [2.24, 2.45) is 0 Å². The molecule has 1 aromatic rings. The monoisotopic (exact) mass is 234 g/mol. The Hall–Kier alpha value is -1.61. The highest BCUT2D eigenvalue weighted by Crippen LogP contribution is 2.11. The predicted octanol–water partition coefficient (Wildman–Crippen LogP) is 2.91. The molecule has 0 amide bonds. The largest absolute Gasteiger partial charge is 0.460 e. The summed E-state index contributed by atoms with van der Waals surface area (Å²) in [7, 11) is 0. The van der Waals surface area contributed by atoms with Crippen molar-refractivity contribution in [3.05, 3.63) is 42.0 Å². The zero-order chi connectivity index (χ0) is 12.5. The van der Waals surface area contributed by atoms with Crippen LogP contribution in [-0.2, 0) is 9.47 Å². The number of carbonyl (C=O) groups is 1. The Labute approximate surface area is 102 Å². The SMILES string of the molecule is C=Cc1ccccc1C(=O)OCCOCCC. The molecule has 0 saturated heterocycles. The predicted molar refractivity (Wildman–Crippen MR) is 67.9 cm³/mol. The number of carbonyl (C=O) groups excluding carboxylic acids is 1. The van der Waals surface area contributed by atoms with E-state index < -0.39 is 0 Å². The third-order valence-corrected chi connectivity index (χ3v) is 2.21. The molecule has 0 heterocycles. The van der Waals surface area contributed by atoms with Gasteiger partial charge >= 0.3 is 5.97 Å². The number of esters is 1. The van der Waals surface area contributed by atoms with Gasteiger partial charge < -0.3 is 9.47 Å². The Bertz CT molecular complexity index is 371. The quantitative estimate of drug-likeness (QED) is 0.537. The van der Waals surface area contributed by atoms with Crippen LogP contribution in [0.25, 0.3) is 6.08 Å². The molecule has 0 bridgehead atoms. The summed E-state index contributed by atoms with van der Waals surface area (Å²) in [5.74, 6) is -0.333. The normalized spacial score (nSPS) is 9.94. The van der Waals surface area contributed by atoms with Crippen LogP contribution < -0.4 is 0 Å². The van der Waals surface area contributed by atoms with Crippen LogP contribution in [0.1, 0.15) is 29.3 Å². The zero-order valence-corrected chi connectivity index (χ0v) is 10.1. The highest BCUT2D eigenvalue weighted by atomic mass is 16.6. The first-order chi connectivity index (χ1) is 8.29. The maximum atomic E-state index is 11.7. The number of rotatable bonds is 7. The lowest BCUT2D eigenvalue weighted by atomic mass is 10.1. The van der Waals surface area contributed by atoms with Crippen LogP contribution in [0.2, 0.25) is 0 Å². The first-order valence-corrected chi connectivity index (χ1v) is 5.76. The third-order valence-electron chi connectivity index (χ3n) is 2.21. The van der Waals surface area contributed by atoms with Crippen molar-refractivity contribution in [1.82, 2.24) is 0 Å². The molecule has 0 saturated carbocycles. The van der Waals surface area contributed by atoms with Crippen LogP contribution in [-0.4, -0.2) is 25.8 Å². The molecule has 0 unspecified atom stereocenters. The molecule has 0 aliphatic carbocycles. The molecule has 92 valence electrons. The summed E-state index contributed by atoms with van der Waals surface area (Å²) in [5, 5.41) is 0. The van der Waals surface area contributed by atoms with E-state index in [2.05, 4.69) is 6.58 Å². The fraction of sp³-hybridized carbons (Fsp3) is 0.357. The van der Waals surface area contributed by atoms with Crippen LogP contribution >= 0.6 is 0 Å². The van der Waals surface area contributed by atoms with Gasteiger partial charge in [0, 0.05) is 6.61 Å². The molecule has 17 heavy (non-hydrogen) atoms. The molecule has 0 aliphatic heterocycles. The molecule has 0 fully saturated rings. The summed E-state index contributed by atoms with van der Waals surface area (Å²) in [6.07, 6.45) is 2.61. The number of hydrogen-bond acceptors (Lipinski definition) is 3. The maximum absolute atomic E-state index is 11.7. The molecule has 1 aromatic carbocycles. The van der Waals surface area contributed by atoms with Gasteiger partial charge in [-0.15, -0.1) is 0 Å². The number of benzene rings is 1. The summed E-state index contributed by atoms with van der Waals surface area (Å²) < 4.78 is 10.3. The van der Waals surface area contributed by atoms with Gasteiger partial charge in [-0.25, -0.2) is 4.79 Å². The van der Waals surface area contributed by atoms with Gasteiger partial charge in [0.15, 0.2) is 0 Å². The Morgan fingerprint density at radius 1 is 1.29 bits per heavy atom. The van der Waals surface area contributed by atoms with Gasteiger partial charge in [0.1, 0.15) is 6.61 Å². The molecule has 0 atom stereocenters. The van der Waals surface area contributed by atoms with E-state index in [9.17, 15) is 4.79 Å². The maximum Gasteiger partial charge on any atom is 0.338 e. The molecule has 0 N–H and O–H groups in total. The van der Waals surface area contributed by atoms with Crippen LogP contribution in [0.5, 0.6) is 0 Å². The number of ether oxygens (including phenoxy) is 2. The van der Waals surface area contributed by atoms with E-state index in [-0.39, 0.29) is 12.6 Å². The highest BCUT2D eigenvalue weighted by Gasteiger charge is 2.09. The summed E-state index contributed by atoms with van der Waals surface area (Å²) in [4.78, 5) is 11.7. The third kappa shape index (κ3) is 4.41. The van der Waals surface area contributed by atoms with Crippen LogP contribution in [0.15, 0.2) is 30.8 Å². The highest BCUT2D eigenvalue weighted by molar-refractivity contribution is 5.93. The average molecular weight is 234 g/mol. The minimum Gasteiger partial charge on any atom is -0.460 e. The summed E-state index contributed by atoms with van der Waals surface area (Å²) in [6, 6.07) is 7.22. The van der Waals surface area contributed by atoms with E-state index in [1.807, 2.05) is 19.1 Å². The van der Waals surface area contributed by atoms with E-state index in [0.29, 0.717) is 18.8 Å². The van der Waals surface area contributed by atoms with Crippen LogP contribution in [0, 0.1) is 0 Å². The smallest absolute Gasteiger partial charge is 0.338 e. The van der Waals surface area contributed by atoms with E-state index in [4.69, 9.17) is 9.47 Å². The molecule has 0 spiro atoms.